The molecule has 1 aliphatic heterocycles. The van der Waals surface area contributed by atoms with Crippen LogP contribution in [-0.2, 0) is 11.2 Å². The van der Waals surface area contributed by atoms with Gasteiger partial charge < -0.3 is 9.52 Å². The molecular formula is C11H16N2O3. The van der Waals surface area contributed by atoms with Gasteiger partial charge in [-0.15, -0.1) is 0 Å². The quantitative estimate of drug-likeness (QED) is 0.838. The SMILES string of the molecule is CCN1CCCC1c1nc(CC(=O)O)co1. The number of hydrogen-bond acceptors (Lipinski definition) is 4. The maximum absolute atomic E-state index is 10.5. The Labute approximate surface area is 94.1 Å². The topological polar surface area (TPSA) is 66.6 Å². The highest BCUT2D eigenvalue weighted by Crippen LogP contribution is 2.30. The monoisotopic (exact) mass is 224 g/mol. The minimum Gasteiger partial charge on any atom is -0.481 e. The van der Waals surface area contributed by atoms with E-state index in [1.807, 2.05) is 0 Å². The first-order valence-electron chi connectivity index (χ1n) is 5.61. The highest BCUT2D eigenvalue weighted by Gasteiger charge is 2.28. The highest BCUT2D eigenvalue weighted by molar-refractivity contribution is 5.69. The summed E-state index contributed by atoms with van der Waals surface area (Å²) in [5.41, 5.74) is 0.505. The van der Waals surface area contributed by atoms with E-state index in [1.54, 1.807) is 0 Å². The van der Waals surface area contributed by atoms with Crippen molar-refractivity contribution in [2.24, 2.45) is 0 Å². The zero-order valence-electron chi connectivity index (χ0n) is 9.35. The number of oxazole rings is 1. The van der Waals surface area contributed by atoms with E-state index in [0.717, 1.165) is 25.9 Å². The van der Waals surface area contributed by atoms with Gasteiger partial charge in [0.1, 0.15) is 6.26 Å². The van der Waals surface area contributed by atoms with Crippen LogP contribution in [-0.4, -0.2) is 34.0 Å². The normalized spacial score (nSPS) is 21.4. The van der Waals surface area contributed by atoms with Gasteiger partial charge in [-0.05, 0) is 25.9 Å². The van der Waals surface area contributed by atoms with E-state index in [2.05, 4.69) is 16.8 Å². The third-order valence-electron chi connectivity index (χ3n) is 2.96. The summed E-state index contributed by atoms with van der Waals surface area (Å²) >= 11 is 0. The summed E-state index contributed by atoms with van der Waals surface area (Å²) in [6, 6.07) is 0.229. The van der Waals surface area contributed by atoms with Crippen LogP contribution in [0.2, 0.25) is 0 Å². The fraction of sp³-hybridized carbons (Fsp3) is 0.636. The van der Waals surface area contributed by atoms with Gasteiger partial charge in [0.05, 0.1) is 18.2 Å². The Kier molecular flexibility index (Phi) is 3.24. The molecule has 0 aliphatic carbocycles. The summed E-state index contributed by atoms with van der Waals surface area (Å²) in [6.45, 7) is 4.15. The molecular weight excluding hydrogens is 208 g/mol. The molecule has 1 aromatic heterocycles. The van der Waals surface area contributed by atoms with Gasteiger partial charge in [0.25, 0.3) is 0 Å². The predicted octanol–water partition coefficient (Wildman–Crippen LogP) is 1.46. The summed E-state index contributed by atoms with van der Waals surface area (Å²) in [4.78, 5) is 17.1. The lowest BCUT2D eigenvalue weighted by Gasteiger charge is -2.19. The summed E-state index contributed by atoms with van der Waals surface area (Å²) in [5.74, 6) is -0.214. The van der Waals surface area contributed by atoms with E-state index in [9.17, 15) is 4.79 Å². The molecule has 5 nitrogen and oxygen atoms in total. The molecule has 5 heteroatoms. The smallest absolute Gasteiger partial charge is 0.309 e. The second-order valence-corrected chi connectivity index (χ2v) is 4.03. The van der Waals surface area contributed by atoms with Crippen molar-refractivity contribution >= 4 is 5.97 Å². The Morgan fingerprint density at radius 2 is 2.56 bits per heavy atom. The van der Waals surface area contributed by atoms with Crippen LogP contribution in [0.3, 0.4) is 0 Å². The Morgan fingerprint density at radius 3 is 3.25 bits per heavy atom. The number of aliphatic carboxylic acids is 1. The molecule has 0 radical (unpaired) electrons. The molecule has 1 fully saturated rings. The molecule has 1 atom stereocenters. The lowest BCUT2D eigenvalue weighted by Crippen LogP contribution is -2.22. The van der Waals surface area contributed by atoms with Gasteiger partial charge in [0.15, 0.2) is 0 Å². The van der Waals surface area contributed by atoms with E-state index in [1.165, 1.54) is 6.26 Å². The van der Waals surface area contributed by atoms with E-state index in [0.29, 0.717) is 11.6 Å². The van der Waals surface area contributed by atoms with Crippen molar-refractivity contribution in [1.82, 2.24) is 9.88 Å². The van der Waals surface area contributed by atoms with Gasteiger partial charge in [-0.2, -0.15) is 0 Å². The zero-order valence-corrected chi connectivity index (χ0v) is 9.35. The number of nitrogens with zero attached hydrogens (tertiary/aromatic N) is 2. The van der Waals surface area contributed by atoms with Crippen LogP contribution in [0.4, 0.5) is 0 Å². The van der Waals surface area contributed by atoms with Crippen LogP contribution in [0.1, 0.15) is 37.4 Å². The van der Waals surface area contributed by atoms with E-state index in [4.69, 9.17) is 9.52 Å². The van der Waals surface area contributed by atoms with E-state index in [-0.39, 0.29) is 12.5 Å². The summed E-state index contributed by atoms with van der Waals surface area (Å²) in [7, 11) is 0. The van der Waals surface area contributed by atoms with Gasteiger partial charge in [-0.3, -0.25) is 9.69 Å². The average Bonchev–Trinajstić information content (AvgIpc) is 2.83. The largest absolute Gasteiger partial charge is 0.481 e. The first kappa shape index (κ1) is 11.1. The standard InChI is InChI=1S/C11H16N2O3/c1-2-13-5-3-4-9(13)11-12-8(7-16-11)6-10(14)15/h7,9H,2-6H2,1H3,(H,14,15). The molecule has 0 aromatic carbocycles. The van der Waals surface area contributed by atoms with E-state index < -0.39 is 5.97 Å². The molecule has 1 aliphatic rings. The maximum Gasteiger partial charge on any atom is 0.309 e. The molecule has 0 spiro atoms. The Balaban J connectivity index is 2.09. The zero-order chi connectivity index (χ0) is 11.5. The molecule has 1 aromatic rings. The Morgan fingerprint density at radius 1 is 1.75 bits per heavy atom. The molecule has 0 bridgehead atoms. The lowest BCUT2D eigenvalue weighted by atomic mass is 10.2. The first-order chi connectivity index (χ1) is 7.70. The van der Waals surface area contributed by atoms with Gasteiger partial charge in [0.2, 0.25) is 5.89 Å². The van der Waals surface area contributed by atoms with Crippen molar-refractivity contribution in [1.29, 1.82) is 0 Å². The highest BCUT2D eigenvalue weighted by atomic mass is 16.4. The van der Waals surface area contributed by atoms with Crippen LogP contribution in [0.15, 0.2) is 10.7 Å². The fourth-order valence-corrected chi connectivity index (χ4v) is 2.20. The van der Waals surface area contributed by atoms with Gasteiger partial charge >= 0.3 is 5.97 Å². The molecule has 1 saturated heterocycles. The minimum absolute atomic E-state index is 0.0671. The van der Waals surface area contributed by atoms with Crippen LogP contribution < -0.4 is 0 Å². The minimum atomic E-state index is -0.876. The second-order valence-electron chi connectivity index (χ2n) is 4.03. The molecule has 0 saturated carbocycles. The van der Waals surface area contributed by atoms with Gasteiger partial charge in [-0.1, -0.05) is 6.92 Å². The Bertz CT molecular complexity index is 375. The van der Waals surface area contributed by atoms with Gasteiger partial charge in [0, 0.05) is 0 Å². The molecule has 2 rings (SSSR count). The van der Waals surface area contributed by atoms with Crippen molar-refractivity contribution in [2.75, 3.05) is 13.1 Å². The second kappa shape index (κ2) is 4.65. The lowest BCUT2D eigenvalue weighted by molar-refractivity contribution is -0.136. The van der Waals surface area contributed by atoms with Crippen molar-refractivity contribution in [3.63, 3.8) is 0 Å². The van der Waals surface area contributed by atoms with Crippen LogP contribution >= 0.6 is 0 Å². The molecule has 88 valence electrons. The van der Waals surface area contributed by atoms with Crippen LogP contribution in [0, 0.1) is 0 Å². The molecule has 16 heavy (non-hydrogen) atoms. The van der Waals surface area contributed by atoms with Crippen LogP contribution in [0.25, 0.3) is 0 Å². The van der Waals surface area contributed by atoms with Crippen molar-refractivity contribution in [3.05, 3.63) is 17.8 Å². The number of hydrogen-bond donors (Lipinski definition) is 1. The number of aromatic nitrogens is 1. The van der Waals surface area contributed by atoms with Crippen molar-refractivity contribution in [3.8, 4) is 0 Å². The molecule has 0 amide bonds. The van der Waals surface area contributed by atoms with Crippen molar-refractivity contribution in [2.45, 2.75) is 32.2 Å². The third kappa shape index (κ3) is 2.24. The molecule has 1 unspecified atom stereocenters. The fourth-order valence-electron chi connectivity index (χ4n) is 2.20. The van der Waals surface area contributed by atoms with Crippen molar-refractivity contribution < 1.29 is 14.3 Å². The maximum atomic E-state index is 10.5. The number of carboxylic acid groups (broad SMARTS) is 1. The first-order valence-corrected chi connectivity index (χ1v) is 5.61. The summed E-state index contributed by atoms with van der Waals surface area (Å²) in [5, 5.41) is 8.65. The van der Waals surface area contributed by atoms with Gasteiger partial charge in [-0.25, -0.2) is 4.98 Å². The van der Waals surface area contributed by atoms with Crippen LogP contribution in [0.5, 0.6) is 0 Å². The third-order valence-corrected chi connectivity index (χ3v) is 2.96. The number of carbonyl (C=O) groups is 1. The molecule has 1 N–H and O–H groups in total. The number of rotatable bonds is 4. The number of likely N-dealkylation sites (tertiary alicyclic amines) is 1. The predicted molar refractivity (Wildman–Crippen MR) is 57.1 cm³/mol. The van der Waals surface area contributed by atoms with E-state index >= 15 is 0 Å². The number of carboxylic acids is 1. The molecule has 2 heterocycles. The average molecular weight is 224 g/mol. The Hall–Kier alpha value is -1.36. The summed E-state index contributed by atoms with van der Waals surface area (Å²) < 4.78 is 5.37. The summed E-state index contributed by atoms with van der Waals surface area (Å²) in [6.07, 6.45) is 3.58.